The summed E-state index contributed by atoms with van der Waals surface area (Å²) in [5.41, 5.74) is 3.14. The zero-order valence-corrected chi connectivity index (χ0v) is 6.33. The molecule has 0 aromatic carbocycles. The molecule has 2 bridgehead atoms. The van der Waals surface area contributed by atoms with Gasteiger partial charge in [0.1, 0.15) is 0 Å². The molecule has 0 aliphatic heterocycles. The second-order valence-corrected chi connectivity index (χ2v) is 4.00. The Labute approximate surface area is 67.4 Å². The Hall–Kier alpha value is -0.740. The van der Waals surface area contributed by atoms with E-state index in [9.17, 15) is 13.2 Å². The first-order valence-electron chi connectivity index (χ1n) is 3.73. The first kappa shape index (κ1) is 7.89. The molecule has 2 nitrogen and oxygen atoms in total. The lowest BCUT2D eigenvalue weighted by molar-refractivity contribution is -0.343. The number of hydrogen-bond acceptors (Lipinski definition) is 1. The van der Waals surface area contributed by atoms with E-state index in [1.807, 2.05) is 0 Å². The van der Waals surface area contributed by atoms with Gasteiger partial charge in [-0.05, 0) is 19.3 Å². The van der Waals surface area contributed by atoms with Crippen LogP contribution in [0.2, 0.25) is 0 Å². The van der Waals surface area contributed by atoms with Gasteiger partial charge in [-0.15, -0.1) is 0 Å². The van der Waals surface area contributed by atoms with Crippen LogP contribution in [0.4, 0.5) is 13.2 Å². The van der Waals surface area contributed by atoms with Crippen molar-refractivity contribution < 1.29 is 13.2 Å². The van der Waals surface area contributed by atoms with Crippen molar-refractivity contribution in [3.8, 4) is 0 Å². The molecule has 0 atom stereocenters. The van der Waals surface area contributed by atoms with E-state index in [1.165, 1.54) is 0 Å². The van der Waals surface area contributed by atoms with Crippen molar-refractivity contribution in [3.63, 3.8) is 0 Å². The molecule has 0 saturated heterocycles. The predicted molar refractivity (Wildman–Crippen MR) is 36.7 cm³/mol. The smallest absolute Gasteiger partial charge is 0.387 e. The Balaban J connectivity index is 2.09. The van der Waals surface area contributed by atoms with Gasteiger partial charge in [-0.25, -0.2) is 0 Å². The van der Waals surface area contributed by atoms with Crippen molar-refractivity contribution in [2.45, 2.75) is 25.4 Å². The molecule has 3 fully saturated rings. The molecule has 0 spiro atoms. The van der Waals surface area contributed by atoms with Gasteiger partial charge in [-0.2, -0.15) is 13.2 Å². The van der Waals surface area contributed by atoms with E-state index in [0.29, 0.717) is 0 Å². The minimum atomic E-state index is -4.09. The maximum atomic E-state index is 12.2. The van der Waals surface area contributed by atoms with Crippen molar-refractivity contribution >= 4 is 5.84 Å². The van der Waals surface area contributed by atoms with Crippen molar-refractivity contribution in [1.29, 1.82) is 5.41 Å². The molecule has 68 valence electrons. The maximum absolute atomic E-state index is 12.2. The van der Waals surface area contributed by atoms with Crippen LogP contribution in [-0.2, 0) is 0 Å². The lowest BCUT2D eigenvalue weighted by atomic mass is 9.34. The predicted octanol–water partition coefficient (Wildman–Crippen LogP) is 1.65. The second kappa shape index (κ2) is 1.63. The standard InChI is InChI=1S/C7H9F3N2/c8-7(9,10)6-1-5(2-6,3-6)4(11)12/h1-3H2,(H3,11,12). The van der Waals surface area contributed by atoms with Crippen molar-refractivity contribution in [2.24, 2.45) is 16.6 Å². The molecule has 12 heavy (non-hydrogen) atoms. The highest BCUT2D eigenvalue weighted by Gasteiger charge is 2.79. The van der Waals surface area contributed by atoms with Crippen LogP contribution in [-0.4, -0.2) is 12.0 Å². The number of nitrogens with two attached hydrogens (primary N) is 1. The van der Waals surface area contributed by atoms with Gasteiger partial charge in [0.05, 0.1) is 11.3 Å². The normalized spacial score (nSPS) is 44.6. The summed E-state index contributed by atoms with van der Waals surface area (Å²) < 4.78 is 36.7. The van der Waals surface area contributed by atoms with E-state index in [0.717, 1.165) is 0 Å². The van der Waals surface area contributed by atoms with Gasteiger partial charge in [-0.1, -0.05) is 0 Å². The van der Waals surface area contributed by atoms with E-state index in [2.05, 4.69) is 0 Å². The summed E-state index contributed by atoms with van der Waals surface area (Å²) in [6.07, 6.45) is -3.97. The lowest BCUT2D eigenvalue weighted by Crippen LogP contribution is -2.72. The third-order valence-electron chi connectivity index (χ3n) is 3.20. The molecule has 0 heterocycles. The minimum absolute atomic E-state index is 0.0405. The van der Waals surface area contributed by atoms with Crippen LogP contribution >= 0.6 is 0 Å². The average molecular weight is 178 g/mol. The lowest BCUT2D eigenvalue weighted by Gasteiger charge is -2.69. The van der Waals surface area contributed by atoms with Gasteiger partial charge >= 0.3 is 6.18 Å². The number of nitrogens with one attached hydrogen (secondary N) is 1. The molecular formula is C7H9F3N2. The molecule has 0 aromatic heterocycles. The summed E-state index contributed by atoms with van der Waals surface area (Å²) in [5.74, 6) is -0.0753. The van der Waals surface area contributed by atoms with Gasteiger partial charge < -0.3 is 5.73 Å². The maximum Gasteiger partial charge on any atom is 0.394 e. The monoisotopic (exact) mass is 178 g/mol. The summed E-state index contributed by atoms with van der Waals surface area (Å²) in [4.78, 5) is 0. The Morgan fingerprint density at radius 2 is 1.67 bits per heavy atom. The molecular weight excluding hydrogens is 169 g/mol. The number of rotatable bonds is 1. The Bertz CT molecular complexity index is 236. The van der Waals surface area contributed by atoms with Gasteiger partial charge in [0.15, 0.2) is 0 Å². The quantitative estimate of drug-likeness (QED) is 0.465. The fourth-order valence-corrected chi connectivity index (χ4v) is 2.37. The second-order valence-electron chi connectivity index (χ2n) is 4.00. The number of alkyl halides is 3. The highest BCUT2D eigenvalue weighted by Crippen LogP contribution is 2.78. The first-order valence-corrected chi connectivity index (χ1v) is 3.73. The highest BCUT2D eigenvalue weighted by atomic mass is 19.4. The molecule has 3 rings (SSSR count). The summed E-state index contributed by atoms with van der Waals surface area (Å²) in [7, 11) is 0. The number of hydrogen-bond donors (Lipinski definition) is 2. The highest BCUT2D eigenvalue weighted by molar-refractivity contribution is 5.87. The molecule has 3 saturated carbocycles. The topological polar surface area (TPSA) is 49.9 Å². The van der Waals surface area contributed by atoms with Gasteiger partial charge in [0.2, 0.25) is 0 Å². The molecule has 3 aliphatic carbocycles. The zero-order valence-electron chi connectivity index (χ0n) is 6.33. The summed E-state index contributed by atoms with van der Waals surface area (Å²) in [6, 6.07) is 0. The summed E-state index contributed by atoms with van der Waals surface area (Å²) in [5, 5.41) is 7.09. The summed E-state index contributed by atoms with van der Waals surface area (Å²) >= 11 is 0. The van der Waals surface area contributed by atoms with Gasteiger partial charge in [0, 0.05) is 5.41 Å². The van der Waals surface area contributed by atoms with E-state index in [1.54, 1.807) is 0 Å². The van der Waals surface area contributed by atoms with E-state index >= 15 is 0 Å². The van der Waals surface area contributed by atoms with Crippen LogP contribution in [0.15, 0.2) is 0 Å². The fourth-order valence-electron chi connectivity index (χ4n) is 2.37. The first-order chi connectivity index (χ1) is 5.31. The van der Waals surface area contributed by atoms with E-state index in [4.69, 9.17) is 11.1 Å². The molecule has 0 aromatic rings. The van der Waals surface area contributed by atoms with E-state index < -0.39 is 17.0 Å². The van der Waals surface area contributed by atoms with Crippen molar-refractivity contribution in [1.82, 2.24) is 0 Å². The van der Waals surface area contributed by atoms with Crippen LogP contribution in [0.1, 0.15) is 19.3 Å². The van der Waals surface area contributed by atoms with Crippen molar-refractivity contribution in [2.75, 3.05) is 0 Å². The third-order valence-corrected chi connectivity index (χ3v) is 3.20. The fraction of sp³-hybridized carbons (Fsp3) is 0.857. The Morgan fingerprint density at radius 3 is 1.92 bits per heavy atom. The summed E-state index contributed by atoms with van der Waals surface area (Å²) in [6.45, 7) is 0. The van der Waals surface area contributed by atoms with Gasteiger partial charge in [-0.3, -0.25) is 5.41 Å². The van der Waals surface area contributed by atoms with E-state index in [-0.39, 0.29) is 25.1 Å². The number of halogens is 3. The molecule has 0 unspecified atom stereocenters. The average Bonchev–Trinajstić information content (AvgIpc) is 1.46. The van der Waals surface area contributed by atoms with Crippen LogP contribution < -0.4 is 5.73 Å². The van der Waals surface area contributed by atoms with Gasteiger partial charge in [0.25, 0.3) is 0 Å². The van der Waals surface area contributed by atoms with Crippen LogP contribution in [0, 0.1) is 16.2 Å². The van der Waals surface area contributed by atoms with Crippen LogP contribution in [0.5, 0.6) is 0 Å². The minimum Gasteiger partial charge on any atom is -0.387 e. The largest absolute Gasteiger partial charge is 0.394 e. The van der Waals surface area contributed by atoms with Crippen LogP contribution in [0.25, 0.3) is 0 Å². The Kier molecular flexibility index (Phi) is 1.07. The molecule has 0 radical (unpaired) electrons. The van der Waals surface area contributed by atoms with Crippen LogP contribution in [0.3, 0.4) is 0 Å². The number of amidine groups is 1. The SMILES string of the molecule is N=C(N)C12CC(C(F)(F)F)(C1)C2. The third kappa shape index (κ3) is 0.607. The molecule has 5 heteroatoms. The molecule has 3 aliphatic rings. The zero-order chi connectivity index (χ0) is 9.20. The molecule has 3 N–H and O–H groups in total. The Morgan fingerprint density at radius 1 is 1.25 bits per heavy atom. The molecule has 0 amide bonds. The van der Waals surface area contributed by atoms with Crippen molar-refractivity contribution in [3.05, 3.63) is 0 Å².